The number of fused-ring (bicyclic) bond motifs is 2. The summed E-state index contributed by atoms with van der Waals surface area (Å²) in [5.41, 5.74) is 3.83. The molecule has 3 aromatic heterocycles. The number of nitrogens with one attached hydrogen (secondary N) is 1. The van der Waals surface area contributed by atoms with Crippen molar-refractivity contribution in [3.8, 4) is 17.0 Å². The van der Waals surface area contributed by atoms with Crippen molar-refractivity contribution >= 4 is 22.5 Å². The van der Waals surface area contributed by atoms with E-state index in [4.69, 9.17) is 9.47 Å². The quantitative estimate of drug-likeness (QED) is 0.416. The summed E-state index contributed by atoms with van der Waals surface area (Å²) in [6, 6.07) is 7.56. The van der Waals surface area contributed by atoms with Crippen molar-refractivity contribution in [3.63, 3.8) is 0 Å². The average molecular weight is 499 g/mol. The summed E-state index contributed by atoms with van der Waals surface area (Å²) in [5.74, 6) is 0.681. The highest BCUT2D eigenvalue weighted by Gasteiger charge is 2.35. The molecule has 6 rings (SSSR count). The molecule has 2 aliphatic rings. The van der Waals surface area contributed by atoms with Gasteiger partial charge in [-0.05, 0) is 37.1 Å². The molecule has 0 bridgehead atoms. The third-order valence-electron chi connectivity index (χ3n) is 6.95. The minimum Gasteiger partial charge on any atom is -0.479 e. The van der Waals surface area contributed by atoms with Crippen molar-refractivity contribution in [2.24, 2.45) is 0 Å². The van der Waals surface area contributed by atoms with Gasteiger partial charge in [0.2, 0.25) is 11.8 Å². The highest BCUT2D eigenvalue weighted by Crippen LogP contribution is 2.33. The lowest BCUT2D eigenvalue weighted by molar-refractivity contribution is -0.0794. The number of alkyl halides is 2. The maximum absolute atomic E-state index is 15.0. The van der Waals surface area contributed by atoms with Gasteiger partial charge in [-0.3, -0.25) is 4.90 Å². The molecule has 0 radical (unpaired) electrons. The van der Waals surface area contributed by atoms with Crippen LogP contribution in [0.25, 0.3) is 27.7 Å². The van der Waals surface area contributed by atoms with Crippen molar-refractivity contribution in [2.75, 3.05) is 38.7 Å². The number of ether oxygens (including phenoxy) is 2. The van der Waals surface area contributed by atoms with E-state index in [9.17, 15) is 8.78 Å². The van der Waals surface area contributed by atoms with Gasteiger partial charge in [-0.1, -0.05) is 11.3 Å². The minimum absolute atomic E-state index is 0.126. The summed E-state index contributed by atoms with van der Waals surface area (Å²) < 4.78 is 42.7. The first-order valence-electron chi connectivity index (χ1n) is 12.1. The zero-order chi connectivity index (χ0) is 24.8. The van der Waals surface area contributed by atoms with Crippen LogP contribution in [0.5, 0.6) is 5.88 Å². The molecule has 0 amide bonds. The highest BCUT2D eigenvalue weighted by atomic mass is 19.1. The van der Waals surface area contributed by atoms with Gasteiger partial charge in [0.15, 0.2) is 0 Å². The average Bonchev–Trinajstić information content (AvgIpc) is 3.43. The van der Waals surface area contributed by atoms with Crippen LogP contribution in [0, 0.1) is 0 Å². The van der Waals surface area contributed by atoms with Crippen molar-refractivity contribution in [2.45, 2.75) is 44.3 Å². The molecular weight excluding hydrogens is 470 g/mol. The Morgan fingerprint density at radius 1 is 1.28 bits per heavy atom. The fourth-order valence-electron chi connectivity index (χ4n) is 4.96. The van der Waals surface area contributed by atoms with Crippen LogP contribution in [0.2, 0.25) is 0 Å². The smallest absolute Gasteiger partial charge is 0.244 e. The maximum atomic E-state index is 15.0. The number of hydrogen-bond donors (Lipinski definition) is 1. The Balaban J connectivity index is 1.28. The van der Waals surface area contributed by atoms with Gasteiger partial charge >= 0.3 is 0 Å². The van der Waals surface area contributed by atoms with Crippen LogP contribution in [0.1, 0.15) is 13.3 Å². The van der Waals surface area contributed by atoms with E-state index in [0.717, 1.165) is 23.2 Å². The van der Waals surface area contributed by atoms with Gasteiger partial charge in [0, 0.05) is 24.8 Å². The van der Waals surface area contributed by atoms with Gasteiger partial charge in [0.05, 0.1) is 44.5 Å². The van der Waals surface area contributed by atoms with E-state index in [1.165, 1.54) is 6.92 Å². The third kappa shape index (κ3) is 4.13. The maximum Gasteiger partial charge on any atom is 0.244 e. The van der Waals surface area contributed by atoms with E-state index in [1.54, 1.807) is 16.3 Å². The van der Waals surface area contributed by atoms with E-state index >= 15 is 0 Å². The van der Waals surface area contributed by atoms with Crippen LogP contribution in [0.15, 0.2) is 30.5 Å². The molecule has 190 valence electrons. The number of halogens is 2. The largest absolute Gasteiger partial charge is 0.479 e. The van der Waals surface area contributed by atoms with Gasteiger partial charge in [0.1, 0.15) is 23.4 Å². The summed E-state index contributed by atoms with van der Waals surface area (Å²) in [4.78, 5) is 6.71. The van der Waals surface area contributed by atoms with Crippen LogP contribution in [-0.2, 0) is 11.3 Å². The molecule has 0 unspecified atom stereocenters. The lowest BCUT2D eigenvalue weighted by atomic mass is 10.0. The van der Waals surface area contributed by atoms with Crippen LogP contribution >= 0.6 is 0 Å². The Labute approximate surface area is 206 Å². The number of benzene rings is 1. The Morgan fingerprint density at radius 3 is 2.86 bits per heavy atom. The molecule has 0 saturated carbocycles. The van der Waals surface area contributed by atoms with Gasteiger partial charge < -0.3 is 14.8 Å². The number of piperidine rings is 1. The molecule has 4 aromatic rings. The van der Waals surface area contributed by atoms with Gasteiger partial charge in [-0.25, -0.2) is 18.0 Å². The summed E-state index contributed by atoms with van der Waals surface area (Å²) in [6.45, 7) is 4.14. The van der Waals surface area contributed by atoms with E-state index in [-0.39, 0.29) is 12.6 Å². The van der Waals surface area contributed by atoms with E-state index in [2.05, 4.69) is 30.6 Å². The van der Waals surface area contributed by atoms with E-state index in [1.807, 2.05) is 30.5 Å². The normalized spacial score (nSPS) is 22.1. The number of hydrogen-bond acceptors (Lipinski definition) is 8. The minimum atomic E-state index is -1.04. The second-order valence-corrected chi connectivity index (χ2v) is 9.46. The molecule has 36 heavy (non-hydrogen) atoms. The first-order chi connectivity index (χ1) is 17.5. The highest BCUT2D eigenvalue weighted by molar-refractivity contribution is 5.89. The summed E-state index contributed by atoms with van der Waals surface area (Å²) in [7, 11) is 1.55. The zero-order valence-electron chi connectivity index (χ0n) is 20.1. The predicted octanol–water partition coefficient (Wildman–Crippen LogP) is 2.73. The van der Waals surface area contributed by atoms with E-state index in [0.29, 0.717) is 55.1 Å². The first kappa shape index (κ1) is 23.0. The Kier molecular flexibility index (Phi) is 5.92. The molecule has 0 aliphatic carbocycles. The number of aromatic nitrogens is 6. The van der Waals surface area contributed by atoms with Crippen molar-refractivity contribution < 1.29 is 18.3 Å². The molecule has 1 N–H and O–H groups in total. The fourth-order valence-corrected chi connectivity index (χ4v) is 4.96. The van der Waals surface area contributed by atoms with Gasteiger partial charge in [-0.15, -0.1) is 10.2 Å². The number of nitrogens with zero attached hydrogens (tertiary/aromatic N) is 7. The lowest BCUT2D eigenvalue weighted by Crippen LogP contribution is -2.57. The van der Waals surface area contributed by atoms with Gasteiger partial charge in [-0.2, -0.15) is 4.98 Å². The molecule has 2 fully saturated rings. The molecule has 3 atom stereocenters. The Morgan fingerprint density at radius 2 is 2.14 bits per heavy atom. The number of anilines is 1. The number of methoxy groups -OCH3 is 1. The molecular formula is C24H28F2N8O2. The summed E-state index contributed by atoms with van der Waals surface area (Å²) >= 11 is 0. The second kappa shape index (κ2) is 9.25. The number of rotatable bonds is 7. The first-order valence-corrected chi connectivity index (χ1v) is 12.1. The monoisotopic (exact) mass is 498 g/mol. The van der Waals surface area contributed by atoms with E-state index < -0.39 is 12.3 Å². The van der Waals surface area contributed by atoms with Crippen LogP contribution in [0.4, 0.5) is 14.7 Å². The van der Waals surface area contributed by atoms with Crippen molar-refractivity contribution in [1.82, 2.24) is 34.5 Å². The standard InChI is InChI=1S/C24H28F2N8O2/c1-14(25)10-34-21-9-15(3-4-20(21)29-31-34)17-5-8-33-22(17)23(35-2)28-24(30-33)27-19-6-7-32(11-18(19)26)16-12-36-13-16/h3-5,8-9,14,16,18-19H,6-7,10-13H2,1-2H3,(H,27,30)/t14-,18-,19+/m0/s1. The topological polar surface area (TPSA) is 94.6 Å². The summed E-state index contributed by atoms with van der Waals surface area (Å²) in [5, 5.41) is 16.0. The van der Waals surface area contributed by atoms with Crippen LogP contribution < -0.4 is 10.1 Å². The zero-order valence-corrected chi connectivity index (χ0v) is 20.1. The second-order valence-electron chi connectivity index (χ2n) is 9.46. The predicted molar refractivity (Wildman–Crippen MR) is 130 cm³/mol. The van der Waals surface area contributed by atoms with Crippen LogP contribution in [-0.4, -0.2) is 92.3 Å². The third-order valence-corrected chi connectivity index (χ3v) is 6.95. The van der Waals surface area contributed by atoms with Gasteiger partial charge in [0.25, 0.3) is 0 Å². The fraction of sp³-hybridized carbons (Fsp3) is 0.500. The molecule has 0 spiro atoms. The SMILES string of the molecule is COc1nc(N[C@@H]2CCN(C3COC3)C[C@@H]2F)nn2ccc(-c3ccc4nnn(C[C@H](C)F)c4c3)c12. The van der Waals surface area contributed by atoms with Crippen molar-refractivity contribution in [1.29, 1.82) is 0 Å². The number of likely N-dealkylation sites (tertiary alicyclic amines) is 1. The molecule has 10 nitrogen and oxygen atoms in total. The molecule has 2 aliphatic heterocycles. The lowest BCUT2D eigenvalue weighted by Gasteiger charge is -2.42. The van der Waals surface area contributed by atoms with Crippen molar-refractivity contribution in [3.05, 3.63) is 30.5 Å². The Bertz CT molecular complexity index is 1390. The molecule has 12 heteroatoms. The molecule has 2 saturated heterocycles. The molecule has 5 heterocycles. The Hall–Kier alpha value is -3.38. The molecule has 1 aromatic carbocycles. The van der Waals surface area contributed by atoms with Crippen LogP contribution in [0.3, 0.4) is 0 Å². The summed E-state index contributed by atoms with van der Waals surface area (Å²) in [6.07, 6.45) is 0.381.